The number of fused-ring (bicyclic) bond motifs is 1. The lowest BCUT2D eigenvalue weighted by molar-refractivity contribution is 0.0956. The summed E-state index contributed by atoms with van der Waals surface area (Å²) in [4.78, 5) is 16.8. The first-order valence-corrected chi connectivity index (χ1v) is 9.07. The fourth-order valence-corrected chi connectivity index (χ4v) is 3.21. The molecule has 0 fully saturated rings. The van der Waals surface area contributed by atoms with Gasteiger partial charge in [-0.1, -0.05) is 18.2 Å². The first-order chi connectivity index (χ1) is 13.6. The zero-order chi connectivity index (χ0) is 19.7. The van der Waals surface area contributed by atoms with Crippen LogP contribution >= 0.6 is 0 Å². The van der Waals surface area contributed by atoms with Gasteiger partial charge in [-0.25, -0.2) is 9.37 Å². The molecule has 28 heavy (non-hydrogen) atoms. The molecule has 0 radical (unpaired) electrons. The van der Waals surface area contributed by atoms with E-state index in [0.29, 0.717) is 23.3 Å². The van der Waals surface area contributed by atoms with E-state index in [0.717, 1.165) is 27.9 Å². The van der Waals surface area contributed by atoms with Crippen molar-refractivity contribution in [2.45, 2.75) is 13.8 Å². The third-order valence-electron chi connectivity index (χ3n) is 4.64. The lowest BCUT2D eigenvalue weighted by atomic mass is 10.0. The molecule has 140 valence electrons. The van der Waals surface area contributed by atoms with Crippen LogP contribution in [0.3, 0.4) is 0 Å². The van der Waals surface area contributed by atoms with Crippen LogP contribution in [0.25, 0.3) is 33.5 Å². The second-order valence-electron chi connectivity index (χ2n) is 6.57. The lowest BCUT2D eigenvalue weighted by Crippen LogP contribution is -2.22. The Kier molecular flexibility index (Phi) is 4.61. The van der Waals surface area contributed by atoms with Gasteiger partial charge in [-0.05, 0) is 55.8 Å². The smallest absolute Gasteiger partial charge is 0.251 e. The zero-order valence-corrected chi connectivity index (χ0v) is 15.6. The van der Waals surface area contributed by atoms with Crippen LogP contribution in [-0.4, -0.2) is 27.6 Å². The van der Waals surface area contributed by atoms with Gasteiger partial charge in [-0.2, -0.15) is 5.10 Å². The van der Waals surface area contributed by atoms with Gasteiger partial charge < -0.3 is 5.32 Å². The summed E-state index contributed by atoms with van der Waals surface area (Å²) in [6.45, 7) is 4.43. The highest BCUT2D eigenvalue weighted by Crippen LogP contribution is 2.29. The van der Waals surface area contributed by atoms with E-state index in [1.807, 2.05) is 44.2 Å². The number of nitrogens with one attached hydrogen (secondary N) is 2. The van der Waals surface area contributed by atoms with Crippen LogP contribution < -0.4 is 5.32 Å². The number of aryl methyl sites for hydroxylation is 1. The SMILES string of the molecule is CCNC(=O)c1ccc(C)c(-c2ccc3c(-c4cccc(F)c4)[nH]nc3n2)c1. The van der Waals surface area contributed by atoms with E-state index in [9.17, 15) is 9.18 Å². The number of hydrogen-bond acceptors (Lipinski definition) is 3. The molecule has 0 aliphatic heterocycles. The van der Waals surface area contributed by atoms with E-state index in [1.165, 1.54) is 12.1 Å². The molecule has 0 bridgehead atoms. The summed E-state index contributed by atoms with van der Waals surface area (Å²) >= 11 is 0. The standard InChI is InChI=1S/C22H19FN4O/c1-3-24-22(28)15-8-7-13(2)18(12-15)19-10-9-17-20(26-27-21(17)25-19)14-5-4-6-16(23)11-14/h4-12H,3H2,1-2H3,(H,24,28)(H,25,26,27). The molecular weight excluding hydrogens is 355 g/mol. The molecule has 0 saturated carbocycles. The van der Waals surface area contributed by atoms with Crippen LogP contribution in [0.5, 0.6) is 0 Å². The molecule has 2 heterocycles. The molecular formula is C22H19FN4O. The third kappa shape index (κ3) is 3.24. The van der Waals surface area contributed by atoms with E-state index in [1.54, 1.807) is 12.1 Å². The Morgan fingerprint density at radius 3 is 2.79 bits per heavy atom. The molecule has 2 aromatic heterocycles. The number of carbonyl (C=O) groups excluding carboxylic acids is 1. The third-order valence-corrected chi connectivity index (χ3v) is 4.64. The first kappa shape index (κ1) is 17.9. The van der Waals surface area contributed by atoms with E-state index in [2.05, 4.69) is 20.5 Å². The van der Waals surface area contributed by atoms with Crippen LogP contribution in [0.4, 0.5) is 4.39 Å². The first-order valence-electron chi connectivity index (χ1n) is 9.07. The molecule has 0 saturated heterocycles. The molecule has 0 spiro atoms. The second kappa shape index (κ2) is 7.23. The maximum Gasteiger partial charge on any atom is 0.251 e. The fourth-order valence-electron chi connectivity index (χ4n) is 3.21. The summed E-state index contributed by atoms with van der Waals surface area (Å²) in [7, 11) is 0. The summed E-state index contributed by atoms with van der Waals surface area (Å²) in [5.41, 5.74) is 5.19. The highest BCUT2D eigenvalue weighted by molar-refractivity contribution is 5.96. The van der Waals surface area contributed by atoms with Crippen molar-refractivity contribution in [3.8, 4) is 22.5 Å². The maximum atomic E-state index is 13.6. The van der Waals surface area contributed by atoms with Crippen molar-refractivity contribution < 1.29 is 9.18 Å². The minimum Gasteiger partial charge on any atom is -0.352 e. The number of halogens is 1. The number of benzene rings is 2. The summed E-state index contributed by atoms with van der Waals surface area (Å²) in [5, 5.41) is 10.9. The number of rotatable bonds is 4. The summed E-state index contributed by atoms with van der Waals surface area (Å²) in [6.07, 6.45) is 0. The fraction of sp³-hybridized carbons (Fsp3) is 0.136. The van der Waals surface area contributed by atoms with E-state index in [4.69, 9.17) is 0 Å². The number of aromatic nitrogens is 3. The monoisotopic (exact) mass is 374 g/mol. The number of H-pyrrole nitrogens is 1. The van der Waals surface area contributed by atoms with E-state index >= 15 is 0 Å². The number of amides is 1. The molecule has 1 amide bonds. The minimum absolute atomic E-state index is 0.113. The normalized spacial score (nSPS) is 11.0. The summed E-state index contributed by atoms with van der Waals surface area (Å²) in [5.74, 6) is -0.416. The molecule has 2 N–H and O–H groups in total. The van der Waals surface area contributed by atoms with Crippen LogP contribution in [0.15, 0.2) is 54.6 Å². The van der Waals surface area contributed by atoms with Crippen molar-refractivity contribution >= 4 is 16.9 Å². The Balaban J connectivity index is 1.77. The van der Waals surface area contributed by atoms with Crippen molar-refractivity contribution in [3.05, 3.63) is 71.5 Å². The second-order valence-corrected chi connectivity index (χ2v) is 6.57. The Morgan fingerprint density at radius 1 is 1.14 bits per heavy atom. The van der Waals surface area contributed by atoms with Crippen LogP contribution in [0.2, 0.25) is 0 Å². The molecule has 2 aromatic carbocycles. The van der Waals surface area contributed by atoms with Gasteiger partial charge in [0.2, 0.25) is 0 Å². The molecule has 0 aliphatic carbocycles. The van der Waals surface area contributed by atoms with Crippen molar-refractivity contribution in [3.63, 3.8) is 0 Å². The molecule has 5 nitrogen and oxygen atoms in total. The number of aromatic amines is 1. The van der Waals surface area contributed by atoms with Crippen LogP contribution in [0.1, 0.15) is 22.8 Å². The van der Waals surface area contributed by atoms with Crippen molar-refractivity contribution in [1.29, 1.82) is 0 Å². The van der Waals surface area contributed by atoms with Gasteiger partial charge in [0.25, 0.3) is 5.91 Å². The lowest BCUT2D eigenvalue weighted by Gasteiger charge is -2.09. The largest absolute Gasteiger partial charge is 0.352 e. The Bertz CT molecular complexity index is 1180. The predicted octanol–water partition coefficient (Wildman–Crippen LogP) is 4.49. The van der Waals surface area contributed by atoms with Crippen LogP contribution in [-0.2, 0) is 0 Å². The number of nitrogens with zero attached hydrogens (tertiary/aromatic N) is 2. The van der Waals surface area contributed by atoms with Crippen molar-refractivity contribution in [2.75, 3.05) is 6.54 Å². The van der Waals surface area contributed by atoms with Gasteiger partial charge >= 0.3 is 0 Å². The van der Waals surface area contributed by atoms with Gasteiger partial charge in [-0.15, -0.1) is 0 Å². The van der Waals surface area contributed by atoms with Gasteiger partial charge in [0.05, 0.1) is 11.4 Å². The molecule has 0 atom stereocenters. The molecule has 0 unspecified atom stereocenters. The minimum atomic E-state index is -0.303. The Labute approximate surface area is 161 Å². The average molecular weight is 374 g/mol. The van der Waals surface area contributed by atoms with Crippen molar-refractivity contribution in [1.82, 2.24) is 20.5 Å². The maximum absolute atomic E-state index is 13.6. The highest BCUT2D eigenvalue weighted by atomic mass is 19.1. The van der Waals surface area contributed by atoms with Crippen molar-refractivity contribution in [2.24, 2.45) is 0 Å². The topological polar surface area (TPSA) is 70.7 Å². The Hall–Kier alpha value is -3.54. The van der Waals surface area contributed by atoms with E-state index < -0.39 is 0 Å². The summed E-state index contributed by atoms with van der Waals surface area (Å²) in [6, 6.07) is 15.7. The number of pyridine rings is 1. The number of carbonyl (C=O) groups is 1. The molecule has 6 heteroatoms. The van der Waals surface area contributed by atoms with Gasteiger partial charge in [0.1, 0.15) is 5.82 Å². The van der Waals surface area contributed by atoms with Gasteiger partial charge in [-0.3, -0.25) is 9.89 Å². The molecule has 4 aromatic rings. The van der Waals surface area contributed by atoms with Gasteiger partial charge in [0, 0.05) is 28.6 Å². The summed E-state index contributed by atoms with van der Waals surface area (Å²) < 4.78 is 13.6. The van der Waals surface area contributed by atoms with Gasteiger partial charge in [0.15, 0.2) is 5.65 Å². The quantitative estimate of drug-likeness (QED) is 0.553. The van der Waals surface area contributed by atoms with Crippen LogP contribution in [0, 0.1) is 12.7 Å². The number of hydrogen-bond donors (Lipinski definition) is 2. The molecule has 0 aliphatic rings. The zero-order valence-electron chi connectivity index (χ0n) is 15.6. The average Bonchev–Trinajstić information content (AvgIpc) is 3.11. The van der Waals surface area contributed by atoms with E-state index in [-0.39, 0.29) is 11.7 Å². The molecule has 4 rings (SSSR count). The highest BCUT2D eigenvalue weighted by Gasteiger charge is 2.13. The predicted molar refractivity (Wildman–Crippen MR) is 107 cm³/mol. The Morgan fingerprint density at radius 2 is 2.00 bits per heavy atom.